The maximum atomic E-state index is 6.16. The maximum Gasteiger partial charge on any atom is 0.182 e. The Hall–Kier alpha value is -2.34. The molecule has 3 heterocycles. The maximum absolute atomic E-state index is 6.16. The SMILES string of the molecule is Clc1ccccc1OC1CCN(c2ncnc3nc[nH]c23)CC1. The van der Waals surface area contributed by atoms with E-state index < -0.39 is 0 Å². The highest BCUT2D eigenvalue weighted by molar-refractivity contribution is 6.32. The lowest BCUT2D eigenvalue weighted by atomic mass is 10.1. The molecule has 0 amide bonds. The number of para-hydroxylation sites is 1. The number of hydrogen-bond donors (Lipinski definition) is 1. The first-order valence-electron chi connectivity index (χ1n) is 7.61. The van der Waals surface area contributed by atoms with E-state index >= 15 is 0 Å². The number of aromatic nitrogens is 4. The molecule has 0 aliphatic carbocycles. The first-order chi connectivity index (χ1) is 11.3. The standard InChI is InChI=1S/C16H16ClN5O/c17-12-3-1-2-4-13(12)23-11-5-7-22(8-6-11)16-14-15(19-9-18-14)20-10-21-16/h1-4,9-11H,5-8H2,(H,18,19,20,21). The fourth-order valence-corrected chi connectivity index (χ4v) is 3.08. The molecule has 1 aliphatic rings. The fourth-order valence-electron chi connectivity index (χ4n) is 2.90. The predicted octanol–water partition coefficient (Wildman–Crippen LogP) is 3.05. The van der Waals surface area contributed by atoms with Crippen LogP contribution in [0.2, 0.25) is 5.02 Å². The summed E-state index contributed by atoms with van der Waals surface area (Å²) >= 11 is 6.16. The number of hydrogen-bond acceptors (Lipinski definition) is 5. The van der Waals surface area contributed by atoms with E-state index in [2.05, 4.69) is 24.8 Å². The Labute approximate surface area is 138 Å². The summed E-state index contributed by atoms with van der Waals surface area (Å²) in [6.45, 7) is 1.75. The lowest BCUT2D eigenvalue weighted by Crippen LogP contribution is -2.38. The van der Waals surface area contributed by atoms with Crippen molar-refractivity contribution in [2.75, 3.05) is 18.0 Å². The first kappa shape index (κ1) is 14.3. The van der Waals surface area contributed by atoms with Crippen molar-refractivity contribution >= 4 is 28.6 Å². The zero-order valence-electron chi connectivity index (χ0n) is 12.4. The van der Waals surface area contributed by atoms with E-state index in [0.717, 1.165) is 43.0 Å². The largest absolute Gasteiger partial charge is 0.489 e. The minimum Gasteiger partial charge on any atom is -0.489 e. The van der Waals surface area contributed by atoms with E-state index in [1.165, 1.54) is 0 Å². The van der Waals surface area contributed by atoms with Crippen LogP contribution >= 0.6 is 11.6 Å². The zero-order valence-corrected chi connectivity index (χ0v) is 13.2. The van der Waals surface area contributed by atoms with Crippen LogP contribution in [0.4, 0.5) is 5.82 Å². The third-order valence-electron chi connectivity index (χ3n) is 4.07. The normalized spacial score (nSPS) is 16.0. The van der Waals surface area contributed by atoms with E-state index in [1.54, 1.807) is 12.7 Å². The Morgan fingerprint density at radius 1 is 1.13 bits per heavy atom. The number of nitrogens with one attached hydrogen (secondary N) is 1. The van der Waals surface area contributed by atoms with Gasteiger partial charge in [-0.1, -0.05) is 23.7 Å². The van der Waals surface area contributed by atoms with Crippen LogP contribution in [0.3, 0.4) is 0 Å². The molecule has 7 heteroatoms. The number of nitrogens with zero attached hydrogens (tertiary/aromatic N) is 4. The molecular formula is C16H16ClN5O. The van der Waals surface area contributed by atoms with Gasteiger partial charge in [-0.2, -0.15) is 0 Å². The van der Waals surface area contributed by atoms with Gasteiger partial charge < -0.3 is 14.6 Å². The minimum absolute atomic E-state index is 0.172. The summed E-state index contributed by atoms with van der Waals surface area (Å²) in [4.78, 5) is 18.1. The van der Waals surface area contributed by atoms with Gasteiger partial charge in [-0.05, 0) is 12.1 Å². The van der Waals surface area contributed by atoms with Crippen molar-refractivity contribution in [2.24, 2.45) is 0 Å². The second-order valence-electron chi connectivity index (χ2n) is 5.53. The minimum atomic E-state index is 0.172. The van der Waals surface area contributed by atoms with Gasteiger partial charge in [0, 0.05) is 25.9 Å². The van der Waals surface area contributed by atoms with Crippen molar-refractivity contribution in [3.63, 3.8) is 0 Å². The number of halogens is 1. The summed E-state index contributed by atoms with van der Waals surface area (Å²) in [6, 6.07) is 7.60. The summed E-state index contributed by atoms with van der Waals surface area (Å²) in [5, 5.41) is 0.657. The number of imidazole rings is 1. The van der Waals surface area contributed by atoms with Crippen molar-refractivity contribution < 1.29 is 4.74 Å². The van der Waals surface area contributed by atoms with Crippen LogP contribution < -0.4 is 9.64 Å². The van der Waals surface area contributed by atoms with Crippen molar-refractivity contribution in [2.45, 2.75) is 18.9 Å². The number of ether oxygens (including phenoxy) is 1. The van der Waals surface area contributed by atoms with Crippen LogP contribution in [-0.4, -0.2) is 39.1 Å². The van der Waals surface area contributed by atoms with E-state index in [0.29, 0.717) is 10.7 Å². The molecule has 1 fully saturated rings. The van der Waals surface area contributed by atoms with E-state index in [4.69, 9.17) is 16.3 Å². The number of anilines is 1. The average molecular weight is 330 g/mol. The molecule has 118 valence electrons. The highest BCUT2D eigenvalue weighted by atomic mass is 35.5. The molecule has 0 saturated carbocycles. The van der Waals surface area contributed by atoms with Crippen LogP contribution in [0.25, 0.3) is 11.2 Å². The Morgan fingerprint density at radius 2 is 1.96 bits per heavy atom. The molecular weight excluding hydrogens is 314 g/mol. The van der Waals surface area contributed by atoms with Gasteiger partial charge in [0.15, 0.2) is 11.5 Å². The Bertz CT molecular complexity index is 813. The van der Waals surface area contributed by atoms with Crippen LogP contribution in [-0.2, 0) is 0 Å². The molecule has 6 nitrogen and oxygen atoms in total. The third kappa shape index (κ3) is 2.82. The molecule has 1 aliphatic heterocycles. The van der Waals surface area contributed by atoms with Gasteiger partial charge >= 0.3 is 0 Å². The monoisotopic (exact) mass is 329 g/mol. The smallest absolute Gasteiger partial charge is 0.182 e. The highest BCUT2D eigenvalue weighted by Gasteiger charge is 2.23. The van der Waals surface area contributed by atoms with Crippen LogP contribution in [0.15, 0.2) is 36.9 Å². The van der Waals surface area contributed by atoms with Gasteiger partial charge in [-0.3, -0.25) is 0 Å². The fraction of sp³-hybridized carbons (Fsp3) is 0.312. The molecule has 3 aromatic rings. The molecule has 23 heavy (non-hydrogen) atoms. The molecule has 0 atom stereocenters. The van der Waals surface area contributed by atoms with E-state index in [-0.39, 0.29) is 6.10 Å². The van der Waals surface area contributed by atoms with Gasteiger partial charge in [0.05, 0.1) is 11.3 Å². The summed E-state index contributed by atoms with van der Waals surface area (Å²) in [7, 11) is 0. The van der Waals surface area contributed by atoms with Gasteiger partial charge in [0.2, 0.25) is 0 Å². The summed E-state index contributed by atoms with van der Waals surface area (Å²) in [5.41, 5.74) is 1.59. The van der Waals surface area contributed by atoms with E-state index in [1.807, 2.05) is 24.3 Å². The molecule has 0 radical (unpaired) electrons. The quantitative estimate of drug-likeness (QED) is 0.800. The summed E-state index contributed by atoms with van der Waals surface area (Å²) in [5.74, 6) is 1.66. The lowest BCUT2D eigenvalue weighted by molar-refractivity contribution is 0.171. The molecule has 4 rings (SSSR count). The van der Waals surface area contributed by atoms with Gasteiger partial charge in [-0.15, -0.1) is 0 Å². The molecule has 1 aromatic carbocycles. The molecule has 0 spiro atoms. The highest BCUT2D eigenvalue weighted by Crippen LogP contribution is 2.28. The van der Waals surface area contributed by atoms with Crippen molar-refractivity contribution in [3.8, 4) is 5.75 Å². The lowest BCUT2D eigenvalue weighted by Gasteiger charge is -2.33. The van der Waals surface area contributed by atoms with E-state index in [9.17, 15) is 0 Å². The summed E-state index contributed by atoms with van der Waals surface area (Å²) < 4.78 is 6.03. The second kappa shape index (κ2) is 6.04. The second-order valence-corrected chi connectivity index (χ2v) is 5.94. The van der Waals surface area contributed by atoms with Gasteiger partial charge in [0.25, 0.3) is 0 Å². The number of aromatic amines is 1. The van der Waals surface area contributed by atoms with Gasteiger partial charge in [0.1, 0.15) is 23.7 Å². The molecule has 2 aromatic heterocycles. The average Bonchev–Trinajstić information content (AvgIpc) is 3.06. The molecule has 0 unspecified atom stereocenters. The predicted molar refractivity (Wildman–Crippen MR) is 89.0 cm³/mol. The number of fused-ring (bicyclic) bond motifs is 1. The van der Waals surface area contributed by atoms with Gasteiger partial charge in [-0.25, -0.2) is 15.0 Å². The molecule has 0 bridgehead atoms. The third-order valence-corrected chi connectivity index (χ3v) is 4.39. The molecule has 1 N–H and O–H groups in total. The number of piperidine rings is 1. The first-order valence-corrected chi connectivity index (χ1v) is 7.99. The van der Waals surface area contributed by atoms with Crippen LogP contribution in [0.5, 0.6) is 5.75 Å². The van der Waals surface area contributed by atoms with Crippen molar-refractivity contribution in [1.82, 2.24) is 19.9 Å². The Balaban J connectivity index is 1.45. The summed E-state index contributed by atoms with van der Waals surface area (Å²) in [6.07, 6.45) is 5.22. The Kier molecular flexibility index (Phi) is 3.75. The number of H-pyrrole nitrogens is 1. The van der Waals surface area contributed by atoms with Crippen LogP contribution in [0, 0.1) is 0 Å². The Morgan fingerprint density at radius 3 is 2.78 bits per heavy atom. The topological polar surface area (TPSA) is 66.9 Å². The van der Waals surface area contributed by atoms with Crippen LogP contribution in [0.1, 0.15) is 12.8 Å². The zero-order chi connectivity index (χ0) is 15.6. The number of benzene rings is 1. The van der Waals surface area contributed by atoms with Crippen molar-refractivity contribution in [1.29, 1.82) is 0 Å². The van der Waals surface area contributed by atoms with Crippen molar-refractivity contribution in [3.05, 3.63) is 41.9 Å². The number of rotatable bonds is 3. The molecule has 1 saturated heterocycles.